The van der Waals surface area contributed by atoms with Gasteiger partial charge < -0.3 is 14.5 Å². The van der Waals surface area contributed by atoms with E-state index in [-0.39, 0.29) is 0 Å². The summed E-state index contributed by atoms with van der Waals surface area (Å²) in [6, 6.07) is 5.78. The van der Waals surface area contributed by atoms with E-state index in [0.29, 0.717) is 12.4 Å². The van der Waals surface area contributed by atoms with Crippen molar-refractivity contribution >= 4 is 11.6 Å². The molecule has 0 aliphatic carbocycles. The van der Waals surface area contributed by atoms with E-state index in [4.69, 9.17) is 11.6 Å². The van der Waals surface area contributed by atoms with Gasteiger partial charge in [0.25, 0.3) is 0 Å². The number of imidazole rings is 2. The number of nitrogens with one attached hydrogen (secondary N) is 1. The summed E-state index contributed by atoms with van der Waals surface area (Å²) in [5.74, 6) is 0.543. The molecule has 126 valence electrons. The standard InChI is InChI=1S/C18H17ClN6/c19-7-10-24-12-17(22-13-24)18(6-2-4-9-23-18)25-11-16(21-14-25)15-5-1-3-8-20-15/h1-6,8-9,11-14,23H,7,10H2. The second-order valence-electron chi connectivity index (χ2n) is 5.70. The Balaban J connectivity index is 1.76. The van der Waals surface area contributed by atoms with Crippen molar-refractivity contribution in [1.82, 2.24) is 29.4 Å². The SMILES string of the molecule is ClCCn1cnc(C2(n3cnc(-c4ccccn4)c3)C=CC=CN2)c1. The summed E-state index contributed by atoms with van der Waals surface area (Å²) in [4.78, 5) is 13.5. The molecule has 0 amide bonds. The molecular weight excluding hydrogens is 336 g/mol. The summed E-state index contributed by atoms with van der Waals surface area (Å²) in [6.45, 7) is 0.716. The zero-order valence-corrected chi connectivity index (χ0v) is 14.2. The molecule has 25 heavy (non-hydrogen) atoms. The summed E-state index contributed by atoms with van der Waals surface area (Å²) >= 11 is 5.84. The lowest BCUT2D eigenvalue weighted by Gasteiger charge is -2.32. The van der Waals surface area contributed by atoms with Crippen LogP contribution in [0.25, 0.3) is 11.4 Å². The summed E-state index contributed by atoms with van der Waals surface area (Å²) in [5.41, 5.74) is 1.87. The van der Waals surface area contributed by atoms with Gasteiger partial charge in [-0.1, -0.05) is 12.1 Å². The first kappa shape index (κ1) is 15.7. The van der Waals surface area contributed by atoms with Crippen LogP contribution in [0, 0.1) is 0 Å². The Morgan fingerprint density at radius 1 is 1.04 bits per heavy atom. The van der Waals surface area contributed by atoms with Gasteiger partial charge in [0.05, 0.1) is 18.3 Å². The first-order valence-corrected chi connectivity index (χ1v) is 8.51. The number of rotatable bonds is 5. The van der Waals surface area contributed by atoms with E-state index in [1.807, 2.05) is 58.1 Å². The van der Waals surface area contributed by atoms with Gasteiger partial charge >= 0.3 is 0 Å². The summed E-state index contributed by atoms with van der Waals surface area (Å²) < 4.78 is 3.99. The molecule has 3 aromatic heterocycles. The Labute approximate surface area is 150 Å². The van der Waals surface area contributed by atoms with Gasteiger partial charge in [-0.15, -0.1) is 11.6 Å². The zero-order valence-electron chi connectivity index (χ0n) is 13.5. The zero-order chi connectivity index (χ0) is 17.1. The molecule has 1 N–H and O–H groups in total. The highest BCUT2D eigenvalue weighted by molar-refractivity contribution is 6.17. The van der Waals surface area contributed by atoms with Crippen molar-refractivity contribution in [2.75, 3.05) is 5.88 Å². The number of hydrogen-bond donors (Lipinski definition) is 1. The van der Waals surface area contributed by atoms with E-state index in [1.54, 1.807) is 18.9 Å². The number of pyridine rings is 1. The highest BCUT2D eigenvalue weighted by Crippen LogP contribution is 2.28. The van der Waals surface area contributed by atoms with Crippen LogP contribution in [0.1, 0.15) is 5.69 Å². The van der Waals surface area contributed by atoms with Gasteiger partial charge in [0, 0.05) is 31.0 Å². The van der Waals surface area contributed by atoms with E-state index >= 15 is 0 Å². The number of halogens is 1. The van der Waals surface area contributed by atoms with Crippen LogP contribution in [-0.4, -0.2) is 30.0 Å². The Bertz CT molecular complexity index is 911. The predicted molar refractivity (Wildman–Crippen MR) is 96.9 cm³/mol. The number of allylic oxidation sites excluding steroid dienone is 2. The first-order valence-electron chi connectivity index (χ1n) is 7.98. The largest absolute Gasteiger partial charge is 0.360 e. The third-order valence-electron chi connectivity index (χ3n) is 4.13. The average Bonchev–Trinajstić information content (AvgIpc) is 3.34. The van der Waals surface area contributed by atoms with Gasteiger partial charge in [-0.25, -0.2) is 9.97 Å². The topological polar surface area (TPSA) is 60.6 Å². The molecule has 1 atom stereocenters. The highest BCUT2D eigenvalue weighted by atomic mass is 35.5. The van der Waals surface area contributed by atoms with Crippen molar-refractivity contribution in [2.24, 2.45) is 0 Å². The van der Waals surface area contributed by atoms with Crippen molar-refractivity contribution in [3.63, 3.8) is 0 Å². The normalized spacial score (nSPS) is 19.1. The van der Waals surface area contributed by atoms with Crippen molar-refractivity contribution in [3.05, 3.63) is 79.6 Å². The van der Waals surface area contributed by atoms with Crippen LogP contribution in [0.5, 0.6) is 0 Å². The fourth-order valence-electron chi connectivity index (χ4n) is 2.86. The number of hydrogen-bond acceptors (Lipinski definition) is 4. The maximum atomic E-state index is 5.84. The smallest absolute Gasteiger partial charge is 0.180 e. The van der Waals surface area contributed by atoms with E-state index in [9.17, 15) is 0 Å². The average molecular weight is 353 g/mol. The van der Waals surface area contributed by atoms with Crippen LogP contribution in [0.4, 0.5) is 0 Å². The molecule has 0 radical (unpaired) electrons. The second kappa shape index (κ2) is 6.57. The molecule has 4 heterocycles. The van der Waals surface area contributed by atoms with Crippen LogP contribution in [0.3, 0.4) is 0 Å². The molecule has 0 fully saturated rings. The van der Waals surface area contributed by atoms with Crippen LogP contribution in [0.2, 0.25) is 0 Å². The summed E-state index contributed by atoms with van der Waals surface area (Å²) in [6.07, 6.45) is 17.2. The lowest BCUT2D eigenvalue weighted by atomic mass is 10.0. The summed E-state index contributed by atoms with van der Waals surface area (Å²) in [5, 5.41) is 3.41. The maximum absolute atomic E-state index is 5.84. The third-order valence-corrected chi connectivity index (χ3v) is 4.30. The van der Waals surface area contributed by atoms with Gasteiger partial charge in [-0.3, -0.25) is 4.98 Å². The number of alkyl halides is 1. The minimum atomic E-state index is -0.633. The Hall–Kier alpha value is -2.86. The Morgan fingerprint density at radius 3 is 2.76 bits per heavy atom. The van der Waals surface area contributed by atoms with Crippen LogP contribution in [-0.2, 0) is 12.2 Å². The molecule has 4 rings (SSSR count). The lowest BCUT2D eigenvalue weighted by molar-refractivity contribution is 0.385. The van der Waals surface area contributed by atoms with Crippen molar-refractivity contribution < 1.29 is 0 Å². The van der Waals surface area contributed by atoms with Crippen molar-refractivity contribution in [1.29, 1.82) is 0 Å². The monoisotopic (exact) mass is 352 g/mol. The summed E-state index contributed by atoms with van der Waals surface area (Å²) in [7, 11) is 0. The van der Waals surface area contributed by atoms with E-state index in [2.05, 4.69) is 26.3 Å². The van der Waals surface area contributed by atoms with Crippen molar-refractivity contribution in [3.8, 4) is 11.4 Å². The number of aryl methyl sites for hydroxylation is 1. The van der Waals surface area contributed by atoms with Gasteiger partial charge in [0.1, 0.15) is 11.4 Å². The molecule has 1 unspecified atom stereocenters. The molecule has 0 saturated heterocycles. The van der Waals surface area contributed by atoms with E-state index < -0.39 is 5.66 Å². The van der Waals surface area contributed by atoms with E-state index in [0.717, 1.165) is 17.1 Å². The van der Waals surface area contributed by atoms with Gasteiger partial charge in [0.15, 0.2) is 5.66 Å². The van der Waals surface area contributed by atoms with Crippen molar-refractivity contribution in [2.45, 2.75) is 12.2 Å². The number of aromatic nitrogens is 5. The minimum absolute atomic E-state index is 0.543. The van der Waals surface area contributed by atoms with E-state index in [1.165, 1.54) is 0 Å². The molecule has 0 bridgehead atoms. The minimum Gasteiger partial charge on any atom is -0.360 e. The highest BCUT2D eigenvalue weighted by Gasteiger charge is 2.34. The fraction of sp³-hybridized carbons (Fsp3) is 0.167. The number of dihydropyridines is 1. The van der Waals surface area contributed by atoms with Gasteiger partial charge in [-0.05, 0) is 30.5 Å². The molecule has 6 nitrogen and oxygen atoms in total. The molecular formula is C18H17ClN6. The Morgan fingerprint density at radius 2 is 2.00 bits per heavy atom. The Kier molecular flexibility index (Phi) is 4.11. The predicted octanol–water partition coefficient (Wildman–Crippen LogP) is 2.75. The first-order chi connectivity index (χ1) is 12.3. The molecule has 1 aliphatic rings. The van der Waals surface area contributed by atoms with Crippen LogP contribution >= 0.6 is 11.6 Å². The molecule has 0 aromatic carbocycles. The molecule has 0 spiro atoms. The lowest BCUT2D eigenvalue weighted by Crippen LogP contribution is -2.45. The number of nitrogens with zero attached hydrogens (tertiary/aromatic N) is 5. The second-order valence-corrected chi connectivity index (χ2v) is 6.07. The molecule has 1 aliphatic heterocycles. The third kappa shape index (κ3) is 2.85. The quantitative estimate of drug-likeness (QED) is 0.717. The van der Waals surface area contributed by atoms with Crippen LogP contribution < -0.4 is 5.32 Å². The van der Waals surface area contributed by atoms with Crippen LogP contribution in [0.15, 0.2) is 73.9 Å². The van der Waals surface area contributed by atoms with Gasteiger partial charge in [0.2, 0.25) is 0 Å². The molecule has 7 heteroatoms. The molecule has 0 saturated carbocycles. The van der Waals surface area contributed by atoms with Gasteiger partial charge in [-0.2, -0.15) is 0 Å². The maximum Gasteiger partial charge on any atom is 0.180 e. The molecule has 3 aromatic rings. The fourth-order valence-corrected chi connectivity index (χ4v) is 3.06.